The first-order valence-electron chi connectivity index (χ1n) is 9.00. The zero-order valence-corrected chi connectivity index (χ0v) is 15.2. The van der Waals surface area contributed by atoms with Crippen LogP contribution in [0.4, 0.5) is 17.1 Å². The smallest absolute Gasteiger partial charge is 0.196 e. The van der Waals surface area contributed by atoms with Crippen LogP contribution in [0.2, 0.25) is 0 Å². The van der Waals surface area contributed by atoms with Gasteiger partial charge in [0.15, 0.2) is 11.6 Å². The summed E-state index contributed by atoms with van der Waals surface area (Å²) in [6, 6.07) is 20.5. The molecule has 2 N–H and O–H groups in total. The van der Waals surface area contributed by atoms with Crippen LogP contribution in [0.3, 0.4) is 0 Å². The predicted octanol–water partition coefficient (Wildman–Crippen LogP) is 5.03. The minimum Gasteiger partial charge on any atom is -0.382 e. The molecule has 27 heavy (non-hydrogen) atoms. The molecule has 1 aliphatic carbocycles. The third kappa shape index (κ3) is 2.99. The van der Waals surface area contributed by atoms with E-state index in [0.717, 1.165) is 5.69 Å². The van der Waals surface area contributed by atoms with Gasteiger partial charge in [-0.3, -0.25) is 9.59 Å². The Kier molecular flexibility index (Phi) is 4.24. The van der Waals surface area contributed by atoms with Gasteiger partial charge < -0.3 is 10.6 Å². The van der Waals surface area contributed by atoms with Crippen molar-refractivity contribution in [1.29, 1.82) is 0 Å². The largest absolute Gasteiger partial charge is 0.382 e. The average Bonchev–Trinajstić information content (AvgIpc) is 2.67. The summed E-state index contributed by atoms with van der Waals surface area (Å²) in [7, 11) is 0. The van der Waals surface area contributed by atoms with Crippen molar-refractivity contribution in [2.75, 3.05) is 10.6 Å². The third-order valence-corrected chi connectivity index (χ3v) is 4.57. The maximum atomic E-state index is 13.3. The highest BCUT2D eigenvalue weighted by Gasteiger charge is 2.33. The van der Waals surface area contributed by atoms with E-state index < -0.39 is 0 Å². The number of rotatable bonds is 4. The summed E-state index contributed by atoms with van der Waals surface area (Å²) in [6.07, 6.45) is 0. The summed E-state index contributed by atoms with van der Waals surface area (Å²) in [6.45, 7) is 4.01. The van der Waals surface area contributed by atoms with Gasteiger partial charge >= 0.3 is 0 Å². The minimum atomic E-state index is -0.133. The first-order valence-corrected chi connectivity index (χ1v) is 9.00. The number of fused-ring (bicyclic) bond motifs is 2. The molecule has 0 amide bonds. The lowest BCUT2D eigenvalue weighted by Gasteiger charge is -2.24. The summed E-state index contributed by atoms with van der Waals surface area (Å²) < 4.78 is 0. The maximum absolute atomic E-state index is 13.3. The molecule has 0 bridgehead atoms. The minimum absolute atomic E-state index is 0.125. The van der Waals surface area contributed by atoms with E-state index in [1.54, 1.807) is 24.3 Å². The maximum Gasteiger partial charge on any atom is 0.196 e. The lowest BCUT2D eigenvalue weighted by molar-refractivity contribution is 0.0980. The molecule has 4 nitrogen and oxygen atoms in total. The van der Waals surface area contributed by atoms with Gasteiger partial charge in [0, 0.05) is 28.5 Å². The summed E-state index contributed by atoms with van der Waals surface area (Å²) in [5, 5.41) is 6.60. The van der Waals surface area contributed by atoms with E-state index in [4.69, 9.17) is 0 Å². The number of ketones is 2. The molecule has 3 aromatic carbocycles. The molecule has 0 radical (unpaired) electrons. The molecule has 0 spiro atoms. The van der Waals surface area contributed by atoms with E-state index in [-0.39, 0.29) is 17.6 Å². The second-order valence-corrected chi connectivity index (χ2v) is 6.90. The predicted molar refractivity (Wildman–Crippen MR) is 108 cm³/mol. The lowest BCUT2D eigenvalue weighted by atomic mass is 9.82. The summed E-state index contributed by atoms with van der Waals surface area (Å²) in [5.74, 6) is -0.258. The molecule has 0 saturated heterocycles. The molecule has 4 rings (SSSR count). The van der Waals surface area contributed by atoms with Gasteiger partial charge in [-0.25, -0.2) is 0 Å². The second-order valence-electron chi connectivity index (χ2n) is 6.90. The Balaban J connectivity index is 1.92. The van der Waals surface area contributed by atoms with Gasteiger partial charge in [0.05, 0.1) is 16.8 Å². The fourth-order valence-corrected chi connectivity index (χ4v) is 3.44. The monoisotopic (exact) mass is 356 g/mol. The fourth-order valence-electron chi connectivity index (χ4n) is 3.44. The number of nitrogens with one attached hydrogen (secondary N) is 2. The van der Waals surface area contributed by atoms with Crippen molar-refractivity contribution in [3.63, 3.8) is 0 Å². The normalized spacial score (nSPS) is 12.6. The fraction of sp³-hybridized carbons (Fsp3) is 0.130. The van der Waals surface area contributed by atoms with Crippen LogP contribution >= 0.6 is 0 Å². The zero-order valence-electron chi connectivity index (χ0n) is 15.2. The van der Waals surface area contributed by atoms with Gasteiger partial charge in [-0.2, -0.15) is 0 Å². The van der Waals surface area contributed by atoms with Crippen LogP contribution in [0.25, 0.3) is 0 Å². The molecular formula is C23H20N2O2. The number of carbonyl (C=O) groups excluding carboxylic acids is 2. The molecule has 1 aliphatic rings. The molecule has 4 heteroatoms. The van der Waals surface area contributed by atoms with Crippen LogP contribution < -0.4 is 10.6 Å². The Morgan fingerprint density at radius 3 is 1.78 bits per heavy atom. The van der Waals surface area contributed by atoms with Crippen molar-refractivity contribution in [3.8, 4) is 0 Å². The number of carbonyl (C=O) groups is 2. The Morgan fingerprint density at radius 2 is 1.19 bits per heavy atom. The molecule has 0 atom stereocenters. The number of benzene rings is 3. The number of hydrogen-bond donors (Lipinski definition) is 2. The van der Waals surface area contributed by atoms with Crippen molar-refractivity contribution in [1.82, 2.24) is 0 Å². The van der Waals surface area contributed by atoms with Gasteiger partial charge in [0.25, 0.3) is 0 Å². The highest BCUT2D eigenvalue weighted by Crippen LogP contribution is 2.37. The molecule has 3 aromatic rings. The summed E-state index contributed by atoms with van der Waals surface area (Å²) >= 11 is 0. The van der Waals surface area contributed by atoms with Crippen molar-refractivity contribution < 1.29 is 9.59 Å². The van der Waals surface area contributed by atoms with Crippen molar-refractivity contribution in [2.24, 2.45) is 0 Å². The molecule has 0 heterocycles. The Bertz CT molecular complexity index is 1040. The van der Waals surface area contributed by atoms with Crippen LogP contribution in [0, 0.1) is 0 Å². The van der Waals surface area contributed by atoms with Crippen LogP contribution in [0.15, 0.2) is 66.7 Å². The summed E-state index contributed by atoms with van der Waals surface area (Å²) in [4.78, 5) is 26.5. The molecule has 134 valence electrons. The Hall–Kier alpha value is -3.40. The van der Waals surface area contributed by atoms with Crippen LogP contribution in [0.1, 0.15) is 45.7 Å². The van der Waals surface area contributed by atoms with Gasteiger partial charge in [0.2, 0.25) is 0 Å². The van der Waals surface area contributed by atoms with Crippen molar-refractivity contribution in [2.45, 2.75) is 19.9 Å². The highest BCUT2D eigenvalue weighted by molar-refractivity contribution is 6.32. The van der Waals surface area contributed by atoms with Crippen LogP contribution in [0.5, 0.6) is 0 Å². The van der Waals surface area contributed by atoms with Crippen LogP contribution in [-0.4, -0.2) is 17.6 Å². The topological polar surface area (TPSA) is 58.2 Å². The number of hydrogen-bond acceptors (Lipinski definition) is 4. The summed E-state index contributed by atoms with van der Waals surface area (Å²) in [5.41, 5.74) is 3.96. The van der Waals surface area contributed by atoms with Gasteiger partial charge in [0.1, 0.15) is 0 Å². The Labute approximate surface area is 158 Å². The van der Waals surface area contributed by atoms with Crippen molar-refractivity contribution in [3.05, 3.63) is 89.0 Å². The quantitative estimate of drug-likeness (QED) is 0.539. The van der Waals surface area contributed by atoms with Gasteiger partial charge in [-0.05, 0) is 38.1 Å². The van der Waals surface area contributed by atoms with Gasteiger partial charge in [-0.1, -0.05) is 42.5 Å². The highest BCUT2D eigenvalue weighted by atomic mass is 16.1. The second kappa shape index (κ2) is 6.72. The number of anilines is 3. The van der Waals surface area contributed by atoms with E-state index in [1.807, 2.05) is 56.3 Å². The van der Waals surface area contributed by atoms with E-state index in [0.29, 0.717) is 33.6 Å². The van der Waals surface area contributed by atoms with Gasteiger partial charge in [-0.15, -0.1) is 0 Å². The molecule has 0 fully saturated rings. The zero-order chi connectivity index (χ0) is 19.0. The SMILES string of the molecule is CC(C)Nc1ccc(Nc2ccccc2)c2c1C(=O)c1ccccc1C2=O. The molecule has 0 unspecified atom stereocenters. The lowest BCUT2D eigenvalue weighted by Crippen LogP contribution is -2.25. The molecule has 0 saturated carbocycles. The first kappa shape index (κ1) is 17.0. The average molecular weight is 356 g/mol. The van der Waals surface area contributed by atoms with Crippen LogP contribution in [-0.2, 0) is 0 Å². The molecule has 0 aliphatic heterocycles. The first-order chi connectivity index (χ1) is 13.1. The Morgan fingerprint density at radius 1 is 0.667 bits per heavy atom. The van der Waals surface area contributed by atoms with Crippen molar-refractivity contribution >= 4 is 28.6 Å². The van der Waals surface area contributed by atoms with E-state index in [2.05, 4.69) is 10.6 Å². The molecular weight excluding hydrogens is 336 g/mol. The van der Waals surface area contributed by atoms with E-state index >= 15 is 0 Å². The van der Waals surface area contributed by atoms with E-state index in [1.165, 1.54) is 0 Å². The number of para-hydroxylation sites is 1. The third-order valence-electron chi connectivity index (χ3n) is 4.57. The standard InChI is InChI=1S/C23H20N2O2/c1-14(2)24-18-12-13-19(25-15-8-4-3-5-9-15)21-20(18)22(26)16-10-6-7-11-17(16)23(21)27/h3-14,24-25H,1-2H3. The van der Waals surface area contributed by atoms with E-state index in [9.17, 15) is 9.59 Å². The molecule has 0 aromatic heterocycles.